The van der Waals surface area contributed by atoms with Crippen LogP contribution < -0.4 is 4.98 Å². The van der Waals surface area contributed by atoms with E-state index in [1.54, 1.807) is 0 Å². The average Bonchev–Trinajstić information content (AvgIpc) is 1.91. The highest BCUT2D eigenvalue weighted by molar-refractivity contribution is 6.38. The van der Waals surface area contributed by atoms with Crippen LogP contribution in [0.3, 0.4) is 0 Å². The smallest absolute Gasteiger partial charge is 0.117 e. The van der Waals surface area contributed by atoms with Gasteiger partial charge < -0.3 is 4.98 Å². The predicted octanol–water partition coefficient (Wildman–Crippen LogP) is 1.23. The van der Waals surface area contributed by atoms with Crippen LogP contribution in [0.15, 0.2) is 30.3 Å². The number of rotatable bonds is 2. The molecule has 0 bridgehead atoms. The topological polar surface area (TPSA) is 12.0 Å². The molecule has 0 saturated heterocycles. The third-order valence-electron chi connectivity index (χ3n) is 1.15. The number of anilines is 1. The van der Waals surface area contributed by atoms with Crippen LogP contribution in [-0.2, 0) is 0 Å². The number of para-hydroxylation sites is 1. The molecule has 0 aliphatic heterocycles. The molecule has 0 fully saturated rings. The molecule has 0 aromatic heterocycles. The summed E-state index contributed by atoms with van der Waals surface area (Å²) in [6.45, 7) is 2.23. The molecule has 0 unspecified atom stereocenters. The summed E-state index contributed by atoms with van der Waals surface area (Å²) < 4.78 is 0. The molecule has 1 aromatic rings. The van der Waals surface area contributed by atoms with Gasteiger partial charge in [-0.05, 0) is 12.1 Å². The van der Waals surface area contributed by atoms with Crippen molar-refractivity contribution in [2.45, 2.75) is 6.55 Å². The molecule has 9 heavy (non-hydrogen) atoms. The highest BCUT2D eigenvalue weighted by Crippen LogP contribution is 2.02. The minimum Gasteiger partial charge on any atom is -0.416 e. The minimum absolute atomic E-state index is 0.0343. The summed E-state index contributed by atoms with van der Waals surface area (Å²) in [6.07, 6.45) is 0. The second kappa shape index (κ2) is 3.30. The normalized spacial score (nSPS) is 10.3. The molecule has 1 nitrogen and oxygen atoms in total. The summed E-state index contributed by atoms with van der Waals surface area (Å²) in [7, 11) is -0.0343. The van der Waals surface area contributed by atoms with E-state index in [0.29, 0.717) is 0 Å². The first kappa shape index (κ1) is 6.36. The molecule has 1 rings (SSSR count). The van der Waals surface area contributed by atoms with E-state index < -0.39 is 0 Å². The molecule has 48 valence electrons. The summed E-state index contributed by atoms with van der Waals surface area (Å²) in [6, 6.07) is 10.3. The Morgan fingerprint density at radius 1 is 1.22 bits per heavy atom. The molecule has 0 radical (unpaired) electrons. The van der Waals surface area contributed by atoms with Crippen molar-refractivity contribution in [3.8, 4) is 0 Å². The maximum absolute atomic E-state index is 3.35. The largest absolute Gasteiger partial charge is 0.416 e. The molecule has 1 N–H and O–H groups in total. The van der Waals surface area contributed by atoms with Crippen molar-refractivity contribution in [1.29, 1.82) is 0 Å². The maximum atomic E-state index is 3.35. The van der Waals surface area contributed by atoms with Crippen LogP contribution in [0.5, 0.6) is 0 Å². The van der Waals surface area contributed by atoms with Gasteiger partial charge in [-0.1, -0.05) is 24.7 Å². The van der Waals surface area contributed by atoms with Gasteiger partial charge in [0.1, 0.15) is 9.68 Å². The first-order valence-corrected chi connectivity index (χ1v) is 5.34. The summed E-state index contributed by atoms with van der Waals surface area (Å²) in [5, 5.41) is 0. The molecule has 0 spiro atoms. The van der Waals surface area contributed by atoms with Gasteiger partial charge in [-0.2, -0.15) is 0 Å². The zero-order valence-corrected chi connectivity index (χ0v) is 7.01. The van der Waals surface area contributed by atoms with E-state index in [-0.39, 0.29) is 9.68 Å². The van der Waals surface area contributed by atoms with E-state index in [1.807, 2.05) is 18.2 Å². The van der Waals surface area contributed by atoms with Crippen molar-refractivity contribution in [2.75, 3.05) is 4.98 Å². The standard InChI is InChI=1S/C7H11NSi/c1-9-8-7-5-3-2-4-6-7/h2-6,8H,9H2,1H3. The van der Waals surface area contributed by atoms with Crippen LogP contribution in [0.25, 0.3) is 0 Å². The van der Waals surface area contributed by atoms with Crippen molar-refractivity contribution in [3.05, 3.63) is 30.3 Å². The fraction of sp³-hybridized carbons (Fsp3) is 0.143. The quantitative estimate of drug-likeness (QED) is 0.605. The molecule has 0 aliphatic rings. The van der Waals surface area contributed by atoms with Crippen LogP contribution in [0.1, 0.15) is 0 Å². The van der Waals surface area contributed by atoms with Gasteiger partial charge in [-0.3, -0.25) is 0 Å². The zero-order valence-electron chi connectivity index (χ0n) is 5.59. The van der Waals surface area contributed by atoms with Crippen LogP contribution in [0.2, 0.25) is 6.55 Å². The third kappa shape index (κ3) is 1.89. The first-order chi connectivity index (χ1) is 4.43. The molecular formula is C7H11NSi. The average molecular weight is 137 g/mol. The molecule has 0 heterocycles. The Kier molecular flexibility index (Phi) is 2.33. The van der Waals surface area contributed by atoms with Crippen molar-refractivity contribution < 1.29 is 0 Å². The van der Waals surface area contributed by atoms with E-state index in [1.165, 1.54) is 5.69 Å². The Morgan fingerprint density at radius 3 is 2.44 bits per heavy atom. The van der Waals surface area contributed by atoms with Gasteiger partial charge in [-0.25, -0.2) is 0 Å². The van der Waals surface area contributed by atoms with Crippen LogP contribution >= 0.6 is 0 Å². The highest BCUT2D eigenvalue weighted by atomic mass is 28.2. The number of nitrogens with one attached hydrogen (secondary N) is 1. The number of benzene rings is 1. The molecule has 0 saturated carbocycles. The predicted molar refractivity (Wildman–Crippen MR) is 44.5 cm³/mol. The lowest BCUT2D eigenvalue weighted by Crippen LogP contribution is -1.99. The van der Waals surface area contributed by atoms with Gasteiger partial charge in [0, 0.05) is 5.69 Å². The van der Waals surface area contributed by atoms with Crippen LogP contribution in [-0.4, -0.2) is 9.68 Å². The summed E-state index contributed by atoms with van der Waals surface area (Å²) >= 11 is 0. The van der Waals surface area contributed by atoms with Crippen molar-refractivity contribution in [2.24, 2.45) is 0 Å². The van der Waals surface area contributed by atoms with E-state index in [9.17, 15) is 0 Å². The molecule has 0 aliphatic carbocycles. The molecule has 1 aromatic carbocycles. The second-order valence-corrected chi connectivity index (χ2v) is 2.96. The molecule has 0 atom stereocenters. The fourth-order valence-electron chi connectivity index (χ4n) is 0.760. The molecular weight excluding hydrogens is 126 g/mol. The molecule has 0 amide bonds. The highest BCUT2D eigenvalue weighted by Gasteiger charge is 1.81. The fourth-order valence-corrected chi connectivity index (χ4v) is 1.40. The lowest BCUT2D eigenvalue weighted by Gasteiger charge is -1.99. The minimum atomic E-state index is -0.0343. The lowest BCUT2D eigenvalue weighted by molar-refractivity contribution is 1.67. The summed E-state index contributed by atoms with van der Waals surface area (Å²) in [5.41, 5.74) is 1.26. The monoisotopic (exact) mass is 137 g/mol. The van der Waals surface area contributed by atoms with E-state index in [2.05, 4.69) is 23.7 Å². The van der Waals surface area contributed by atoms with E-state index in [4.69, 9.17) is 0 Å². The van der Waals surface area contributed by atoms with Gasteiger partial charge in [0.05, 0.1) is 0 Å². The van der Waals surface area contributed by atoms with Crippen molar-refractivity contribution in [1.82, 2.24) is 0 Å². The second-order valence-electron chi connectivity index (χ2n) is 1.90. The Bertz CT molecular complexity index is 162. The van der Waals surface area contributed by atoms with Crippen LogP contribution in [0.4, 0.5) is 5.69 Å². The van der Waals surface area contributed by atoms with Gasteiger partial charge >= 0.3 is 0 Å². The third-order valence-corrected chi connectivity index (χ3v) is 1.92. The first-order valence-electron chi connectivity index (χ1n) is 3.22. The molecule has 2 heteroatoms. The Labute approximate surface area is 58.0 Å². The summed E-state index contributed by atoms with van der Waals surface area (Å²) in [5.74, 6) is 0. The Morgan fingerprint density at radius 2 is 1.89 bits per heavy atom. The number of hydrogen-bond donors (Lipinski definition) is 1. The van der Waals surface area contributed by atoms with E-state index >= 15 is 0 Å². The van der Waals surface area contributed by atoms with Crippen LogP contribution in [0, 0.1) is 0 Å². The van der Waals surface area contributed by atoms with Gasteiger partial charge in [0.25, 0.3) is 0 Å². The number of hydrogen-bond acceptors (Lipinski definition) is 1. The maximum Gasteiger partial charge on any atom is 0.117 e. The van der Waals surface area contributed by atoms with Crippen molar-refractivity contribution >= 4 is 15.4 Å². The van der Waals surface area contributed by atoms with Crippen molar-refractivity contribution in [3.63, 3.8) is 0 Å². The lowest BCUT2D eigenvalue weighted by atomic mass is 10.3. The summed E-state index contributed by atoms with van der Waals surface area (Å²) in [4.78, 5) is 3.35. The van der Waals surface area contributed by atoms with Gasteiger partial charge in [0.15, 0.2) is 0 Å². The Hall–Kier alpha value is -0.763. The zero-order chi connectivity index (χ0) is 6.53. The van der Waals surface area contributed by atoms with E-state index in [0.717, 1.165) is 0 Å². The Balaban J connectivity index is 2.61. The van der Waals surface area contributed by atoms with Gasteiger partial charge in [-0.15, -0.1) is 0 Å². The SMILES string of the molecule is C[SiH2]Nc1ccccc1. The van der Waals surface area contributed by atoms with Gasteiger partial charge in [0.2, 0.25) is 0 Å².